The number of fused-ring (bicyclic) bond motifs is 1. The molecule has 146 valence electrons. The minimum atomic E-state index is -1.86. The maximum atomic E-state index is 13.3. The van der Waals surface area contributed by atoms with Gasteiger partial charge in [-0.3, -0.25) is 9.59 Å². The largest absolute Gasteiger partial charge is 0.375 e. The summed E-state index contributed by atoms with van der Waals surface area (Å²) >= 11 is 0. The van der Waals surface area contributed by atoms with Crippen molar-refractivity contribution in [1.82, 2.24) is 0 Å². The molecule has 1 N–H and O–H groups in total. The van der Waals surface area contributed by atoms with Crippen LogP contribution in [-0.4, -0.2) is 16.8 Å². The lowest BCUT2D eigenvalue weighted by Crippen LogP contribution is -2.41. The average Bonchev–Trinajstić information content (AvgIpc) is 2.92. The van der Waals surface area contributed by atoms with Gasteiger partial charge in [0.05, 0.1) is 18.7 Å². The number of rotatable bonds is 5. The van der Waals surface area contributed by atoms with Crippen LogP contribution in [0.15, 0.2) is 72.8 Å². The van der Waals surface area contributed by atoms with Gasteiger partial charge in [0.2, 0.25) is 0 Å². The molecule has 0 aliphatic carbocycles. The maximum Gasteiger partial charge on any atom is 0.264 e. The number of amides is 1. The molecule has 0 saturated heterocycles. The first kappa shape index (κ1) is 19.1. The van der Waals surface area contributed by atoms with Crippen LogP contribution in [0, 0.1) is 13.8 Å². The van der Waals surface area contributed by atoms with Crippen molar-refractivity contribution in [3.63, 3.8) is 0 Å². The van der Waals surface area contributed by atoms with Crippen LogP contribution >= 0.6 is 0 Å². The van der Waals surface area contributed by atoms with E-state index in [0.717, 1.165) is 16.7 Å². The molecule has 3 aromatic carbocycles. The van der Waals surface area contributed by atoms with Gasteiger partial charge in [0.15, 0.2) is 11.4 Å². The Balaban J connectivity index is 1.70. The third kappa shape index (κ3) is 3.36. The molecule has 0 spiro atoms. The molecular weight excluding hydrogens is 362 g/mol. The van der Waals surface area contributed by atoms with E-state index in [1.54, 1.807) is 17.0 Å². The molecule has 0 radical (unpaired) electrons. The Bertz CT molecular complexity index is 1090. The van der Waals surface area contributed by atoms with E-state index in [1.165, 1.54) is 0 Å². The van der Waals surface area contributed by atoms with Gasteiger partial charge < -0.3 is 10.0 Å². The monoisotopic (exact) mass is 385 g/mol. The van der Waals surface area contributed by atoms with Gasteiger partial charge in [-0.25, -0.2) is 0 Å². The Hall–Kier alpha value is -3.24. The highest BCUT2D eigenvalue weighted by Crippen LogP contribution is 2.43. The summed E-state index contributed by atoms with van der Waals surface area (Å²) in [6, 6.07) is 22.4. The fraction of sp³-hybridized carbons (Fsp3) is 0.200. The molecule has 0 bridgehead atoms. The minimum Gasteiger partial charge on any atom is -0.375 e. The lowest BCUT2D eigenvalue weighted by atomic mass is 9.87. The minimum absolute atomic E-state index is 0.238. The van der Waals surface area contributed by atoms with E-state index in [4.69, 9.17) is 0 Å². The number of ketones is 1. The van der Waals surface area contributed by atoms with Crippen LogP contribution in [0.4, 0.5) is 5.69 Å². The van der Waals surface area contributed by atoms with Gasteiger partial charge in [0.25, 0.3) is 5.91 Å². The van der Waals surface area contributed by atoms with Crippen LogP contribution in [0.25, 0.3) is 0 Å². The first-order valence-corrected chi connectivity index (χ1v) is 9.68. The Morgan fingerprint density at radius 1 is 0.966 bits per heavy atom. The summed E-state index contributed by atoms with van der Waals surface area (Å²) in [6.07, 6.45) is -0.279. The van der Waals surface area contributed by atoms with Gasteiger partial charge >= 0.3 is 0 Å². The topological polar surface area (TPSA) is 57.6 Å². The standard InChI is InChI=1S/C25H23NO3/c1-17-12-13-18(2)20(14-17)23(27)15-25(29)21-10-6-7-11-22(21)26(24(25)28)16-19-8-4-3-5-9-19/h3-14,29H,15-16H2,1-2H3. The number of carbonyl (C=O) groups excluding carboxylic acids is 2. The van der Waals surface area contributed by atoms with Crippen molar-refractivity contribution < 1.29 is 14.7 Å². The molecule has 0 aromatic heterocycles. The Morgan fingerprint density at radius 3 is 2.41 bits per heavy atom. The first-order valence-electron chi connectivity index (χ1n) is 9.68. The molecule has 4 heteroatoms. The van der Waals surface area contributed by atoms with E-state index >= 15 is 0 Å². The fourth-order valence-corrected chi connectivity index (χ4v) is 3.96. The van der Waals surface area contributed by atoms with Crippen molar-refractivity contribution in [2.75, 3.05) is 4.90 Å². The zero-order valence-corrected chi connectivity index (χ0v) is 16.6. The lowest BCUT2D eigenvalue weighted by molar-refractivity contribution is -0.136. The van der Waals surface area contributed by atoms with Crippen molar-refractivity contribution >= 4 is 17.4 Å². The molecule has 3 aromatic rings. The van der Waals surface area contributed by atoms with Crippen molar-refractivity contribution in [1.29, 1.82) is 0 Å². The van der Waals surface area contributed by atoms with Crippen LogP contribution < -0.4 is 4.90 Å². The molecule has 1 heterocycles. The van der Waals surface area contributed by atoms with E-state index in [9.17, 15) is 14.7 Å². The van der Waals surface area contributed by atoms with E-state index in [-0.39, 0.29) is 12.2 Å². The van der Waals surface area contributed by atoms with Crippen LogP contribution in [0.3, 0.4) is 0 Å². The van der Waals surface area contributed by atoms with Crippen molar-refractivity contribution in [2.45, 2.75) is 32.4 Å². The van der Waals surface area contributed by atoms with Crippen molar-refractivity contribution in [2.24, 2.45) is 0 Å². The number of nitrogens with zero attached hydrogens (tertiary/aromatic N) is 1. The Labute approximate surface area is 170 Å². The second-order valence-electron chi connectivity index (χ2n) is 7.67. The predicted octanol–water partition coefficient (Wildman–Crippen LogP) is 4.31. The van der Waals surface area contributed by atoms with E-state index in [1.807, 2.05) is 74.5 Å². The first-order chi connectivity index (χ1) is 13.9. The summed E-state index contributed by atoms with van der Waals surface area (Å²) in [7, 11) is 0. The van der Waals surface area contributed by atoms with Crippen molar-refractivity contribution in [3.05, 3.63) is 101 Å². The molecule has 0 saturated carbocycles. The number of hydrogen-bond donors (Lipinski definition) is 1. The second-order valence-corrected chi connectivity index (χ2v) is 7.67. The van der Waals surface area contributed by atoms with Crippen LogP contribution in [-0.2, 0) is 16.9 Å². The maximum absolute atomic E-state index is 13.3. The Kier molecular flexibility index (Phi) is 4.81. The quantitative estimate of drug-likeness (QED) is 0.666. The number of carbonyl (C=O) groups is 2. The van der Waals surface area contributed by atoms with Crippen LogP contribution in [0.2, 0.25) is 0 Å². The zero-order chi connectivity index (χ0) is 20.6. The molecule has 1 aliphatic rings. The average molecular weight is 385 g/mol. The predicted molar refractivity (Wildman–Crippen MR) is 113 cm³/mol. The Morgan fingerprint density at radius 2 is 1.66 bits per heavy atom. The molecule has 29 heavy (non-hydrogen) atoms. The summed E-state index contributed by atoms with van der Waals surface area (Å²) in [4.78, 5) is 28.0. The number of Topliss-reactive ketones (excluding diaryl/α,β-unsaturated/α-hetero) is 1. The number of aliphatic hydroxyl groups is 1. The number of benzene rings is 3. The van der Waals surface area contributed by atoms with Gasteiger partial charge in [-0.2, -0.15) is 0 Å². The molecule has 4 nitrogen and oxygen atoms in total. The zero-order valence-electron chi connectivity index (χ0n) is 16.6. The van der Waals surface area contributed by atoms with Gasteiger partial charge in [-0.1, -0.05) is 66.2 Å². The van der Waals surface area contributed by atoms with Gasteiger partial charge in [0, 0.05) is 11.1 Å². The molecule has 1 amide bonds. The van der Waals surface area contributed by atoms with Crippen molar-refractivity contribution in [3.8, 4) is 0 Å². The summed E-state index contributed by atoms with van der Waals surface area (Å²) < 4.78 is 0. The molecule has 4 rings (SSSR count). The van der Waals surface area contributed by atoms with E-state index in [2.05, 4.69) is 0 Å². The molecule has 1 aliphatic heterocycles. The van der Waals surface area contributed by atoms with E-state index < -0.39 is 11.5 Å². The fourth-order valence-electron chi connectivity index (χ4n) is 3.96. The van der Waals surface area contributed by atoms with Gasteiger partial charge in [-0.05, 0) is 37.1 Å². The summed E-state index contributed by atoms with van der Waals surface area (Å²) in [5, 5.41) is 11.4. The van der Waals surface area contributed by atoms with Crippen LogP contribution in [0.1, 0.15) is 39.0 Å². The highest BCUT2D eigenvalue weighted by atomic mass is 16.3. The van der Waals surface area contributed by atoms with E-state index in [0.29, 0.717) is 23.4 Å². The molecular formula is C25H23NO3. The SMILES string of the molecule is Cc1ccc(C)c(C(=O)CC2(O)C(=O)N(Cc3ccccc3)c3ccccc32)c1. The third-order valence-corrected chi connectivity index (χ3v) is 5.53. The van der Waals surface area contributed by atoms with Crippen LogP contribution in [0.5, 0.6) is 0 Å². The highest BCUT2D eigenvalue weighted by Gasteiger charge is 2.50. The summed E-state index contributed by atoms with van der Waals surface area (Å²) in [6.45, 7) is 4.13. The van der Waals surface area contributed by atoms with Gasteiger partial charge in [0.1, 0.15) is 0 Å². The molecule has 1 atom stereocenters. The normalized spacial score (nSPS) is 18.0. The number of hydrogen-bond acceptors (Lipinski definition) is 3. The van der Waals surface area contributed by atoms with Gasteiger partial charge in [-0.15, -0.1) is 0 Å². The summed E-state index contributed by atoms with van der Waals surface area (Å²) in [5.41, 5.74) is 2.58. The lowest BCUT2D eigenvalue weighted by Gasteiger charge is -2.23. The number of anilines is 1. The highest BCUT2D eigenvalue weighted by molar-refractivity contribution is 6.11. The third-order valence-electron chi connectivity index (χ3n) is 5.53. The molecule has 1 unspecified atom stereocenters. The summed E-state index contributed by atoms with van der Waals surface area (Å²) in [5.74, 6) is -0.695. The number of aryl methyl sites for hydroxylation is 2. The molecule has 0 fully saturated rings. The second kappa shape index (κ2) is 7.30. The smallest absolute Gasteiger partial charge is 0.264 e. The number of para-hydroxylation sites is 1.